The fourth-order valence-corrected chi connectivity index (χ4v) is 1.81. The van der Waals surface area contributed by atoms with Gasteiger partial charge in [0.15, 0.2) is 5.13 Å². The van der Waals surface area contributed by atoms with Crippen molar-refractivity contribution in [2.75, 3.05) is 11.9 Å². The Hall–Kier alpha value is -1.63. The van der Waals surface area contributed by atoms with Crippen LogP contribution in [0.3, 0.4) is 0 Å². The number of anilines is 1. The number of thiazole rings is 1. The van der Waals surface area contributed by atoms with Gasteiger partial charge >= 0.3 is 12.0 Å². The minimum absolute atomic E-state index is 0.0878. The van der Waals surface area contributed by atoms with E-state index in [1.54, 1.807) is 0 Å². The molecule has 94 valence electrons. The lowest BCUT2D eigenvalue weighted by Crippen LogP contribution is -2.34. The smallest absolute Gasteiger partial charge is 0.321 e. The van der Waals surface area contributed by atoms with E-state index in [1.807, 2.05) is 13.8 Å². The van der Waals surface area contributed by atoms with Gasteiger partial charge in [-0.05, 0) is 13.8 Å². The summed E-state index contributed by atoms with van der Waals surface area (Å²) in [5, 5.41) is 14.2. The molecule has 3 N–H and O–H groups in total. The van der Waals surface area contributed by atoms with Crippen molar-refractivity contribution < 1.29 is 14.7 Å². The van der Waals surface area contributed by atoms with Crippen LogP contribution >= 0.6 is 11.3 Å². The topological polar surface area (TPSA) is 91.3 Å². The van der Waals surface area contributed by atoms with E-state index < -0.39 is 17.9 Å². The number of carbonyl (C=O) groups is 2. The van der Waals surface area contributed by atoms with Crippen molar-refractivity contribution in [3.05, 3.63) is 10.6 Å². The Kier molecular flexibility index (Phi) is 4.45. The van der Waals surface area contributed by atoms with Gasteiger partial charge < -0.3 is 10.4 Å². The second-order valence-corrected chi connectivity index (χ2v) is 4.94. The number of amides is 2. The number of hydrogen-bond donors (Lipinski definition) is 3. The minimum Gasteiger partial charge on any atom is -0.481 e. The highest BCUT2D eigenvalue weighted by Gasteiger charge is 2.13. The second kappa shape index (κ2) is 5.62. The van der Waals surface area contributed by atoms with Crippen LogP contribution in [0.2, 0.25) is 0 Å². The molecule has 0 saturated heterocycles. The van der Waals surface area contributed by atoms with E-state index in [2.05, 4.69) is 15.6 Å². The third kappa shape index (κ3) is 4.03. The molecule has 0 aliphatic heterocycles. The van der Waals surface area contributed by atoms with Crippen molar-refractivity contribution in [3.8, 4) is 0 Å². The molecule has 0 fully saturated rings. The molecule has 1 heterocycles. The number of urea groups is 1. The maximum absolute atomic E-state index is 11.4. The summed E-state index contributed by atoms with van der Waals surface area (Å²) in [4.78, 5) is 27.1. The quantitative estimate of drug-likeness (QED) is 0.764. The Balaban J connectivity index is 2.42. The van der Waals surface area contributed by atoms with Crippen LogP contribution in [-0.4, -0.2) is 28.6 Å². The number of hydrogen-bond acceptors (Lipinski definition) is 4. The Morgan fingerprint density at radius 3 is 2.59 bits per heavy atom. The molecule has 7 heteroatoms. The fraction of sp³-hybridized carbons (Fsp3) is 0.500. The number of aromatic nitrogens is 1. The van der Waals surface area contributed by atoms with Gasteiger partial charge in [-0.2, -0.15) is 0 Å². The minimum atomic E-state index is -0.939. The first-order valence-electron chi connectivity index (χ1n) is 5.12. The van der Waals surface area contributed by atoms with Gasteiger partial charge in [0.2, 0.25) is 0 Å². The first-order valence-corrected chi connectivity index (χ1v) is 5.93. The van der Waals surface area contributed by atoms with Crippen molar-refractivity contribution in [1.29, 1.82) is 0 Å². The summed E-state index contributed by atoms with van der Waals surface area (Å²) in [6.45, 7) is 5.40. The Morgan fingerprint density at radius 2 is 2.12 bits per heavy atom. The number of nitrogens with one attached hydrogen (secondary N) is 2. The van der Waals surface area contributed by atoms with E-state index in [-0.39, 0.29) is 6.54 Å². The Bertz CT molecular complexity index is 411. The highest BCUT2D eigenvalue weighted by molar-refractivity contribution is 7.15. The molecule has 0 radical (unpaired) electrons. The number of rotatable bonds is 4. The van der Waals surface area contributed by atoms with E-state index >= 15 is 0 Å². The molecule has 1 rings (SSSR count). The summed E-state index contributed by atoms with van der Waals surface area (Å²) in [7, 11) is 0. The van der Waals surface area contributed by atoms with Crippen LogP contribution in [0, 0.1) is 19.8 Å². The van der Waals surface area contributed by atoms with Gasteiger partial charge in [0.1, 0.15) is 0 Å². The molecular weight excluding hydrogens is 242 g/mol. The predicted molar refractivity (Wildman–Crippen MR) is 65.4 cm³/mol. The normalized spacial score (nSPS) is 11.9. The van der Waals surface area contributed by atoms with E-state index in [9.17, 15) is 9.59 Å². The molecule has 1 aromatic rings. The van der Waals surface area contributed by atoms with E-state index in [0.29, 0.717) is 5.13 Å². The number of carbonyl (C=O) groups excluding carboxylic acids is 1. The lowest BCUT2D eigenvalue weighted by Gasteiger charge is -2.08. The number of carboxylic acids is 1. The Morgan fingerprint density at radius 1 is 1.47 bits per heavy atom. The summed E-state index contributed by atoms with van der Waals surface area (Å²) < 4.78 is 0. The lowest BCUT2D eigenvalue weighted by atomic mass is 10.2. The first-order chi connectivity index (χ1) is 7.90. The average Bonchev–Trinajstić information content (AvgIpc) is 2.54. The molecule has 1 unspecified atom stereocenters. The molecule has 0 aliphatic rings. The van der Waals surface area contributed by atoms with Gasteiger partial charge in [-0.1, -0.05) is 6.92 Å². The zero-order valence-corrected chi connectivity index (χ0v) is 10.7. The third-order valence-electron chi connectivity index (χ3n) is 2.24. The van der Waals surface area contributed by atoms with Gasteiger partial charge in [-0.15, -0.1) is 11.3 Å². The number of carboxylic acid groups (broad SMARTS) is 1. The number of aryl methyl sites for hydroxylation is 2. The predicted octanol–water partition coefficient (Wildman–Crippen LogP) is 1.60. The molecular formula is C10H15N3O3S. The first kappa shape index (κ1) is 13.4. The van der Waals surface area contributed by atoms with Gasteiger partial charge in [-0.3, -0.25) is 10.1 Å². The van der Waals surface area contributed by atoms with Gasteiger partial charge in [0.25, 0.3) is 0 Å². The standard InChI is InChI=1S/C10H15N3O3S/c1-5(8(14)15)4-11-9(16)13-10-12-6(2)7(3)17-10/h5H,4H2,1-3H3,(H,14,15)(H2,11,12,13,16). The second-order valence-electron chi connectivity index (χ2n) is 3.73. The molecule has 17 heavy (non-hydrogen) atoms. The summed E-state index contributed by atoms with van der Waals surface area (Å²) >= 11 is 1.38. The highest BCUT2D eigenvalue weighted by atomic mass is 32.1. The van der Waals surface area contributed by atoms with Crippen LogP contribution in [-0.2, 0) is 4.79 Å². The van der Waals surface area contributed by atoms with Gasteiger partial charge in [0, 0.05) is 11.4 Å². The van der Waals surface area contributed by atoms with Crippen molar-refractivity contribution in [2.24, 2.45) is 5.92 Å². The highest BCUT2D eigenvalue weighted by Crippen LogP contribution is 2.20. The van der Waals surface area contributed by atoms with Crippen LogP contribution in [0.5, 0.6) is 0 Å². The van der Waals surface area contributed by atoms with Crippen LogP contribution in [0.15, 0.2) is 0 Å². The molecule has 6 nitrogen and oxygen atoms in total. The third-order valence-corrected chi connectivity index (χ3v) is 3.23. The molecule has 0 saturated carbocycles. The Labute approximate surface area is 103 Å². The fourth-order valence-electron chi connectivity index (χ4n) is 1.00. The van der Waals surface area contributed by atoms with Crippen molar-refractivity contribution in [2.45, 2.75) is 20.8 Å². The van der Waals surface area contributed by atoms with Crippen LogP contribution in [0.1, 0.15) is 17.5 Å². The van der Waals surface area contributed by atoms with Crippen molar-refractivity contribution >= 4 is 28.5 Å². The van der Waals surface area contributed by atoms with Crippen molar-refractivity contribution in [3.63, 3.8) is 0 Å². The van der Waals surface area contributed by atoms with Gasteiger partial charge in [0.05, 0.1) is 11.6 Å². The summed E-state index contributed by atoms with van der Waals surface area (Å²) in [5.41, 5.74) is 0.879. The maximum atomic E-state index is 11.4. The average molecular weight is 257 g/mol. The van der Waals surface area contributed by atoms with Crippen LogP contribution < -0.4 is 10.6 Å². The lowest BCUT2D eigenvalue weighted by molar-refractivity contribution is -0.140. The van der Waals surface area contributed by atoms with E-state index in [4.69, 9.17) is 5.11 Å². The largest absolute Gasteiger partial charge is 0.481 e. The zero-order valence-electron chi connectivity index (χ0n) is 9.90. The molecule has 2 amide bonds. The SMILES string of the molecule is Cc1nc(NC(=O)NCC(C)C(=O)O)sc1C. The number of aliphatic carboxylic acids is 1. The molecule has 0 bridgehead atoms. The summed E-state index contributed by atoms with van der Waals surface area (Å²) in [5.74, 6) is -1.55. The van der Waals surface area contributed by atoms with E-state index in [0.717, 1.165) is 10.6 Å². The zero-order chi connectivity index (χ0) is 13.0. The van der Waals surface area contributed by atoms with Gasteiger partial charge in [-0.25, -0.2) is 9.78 Å². The van der Waals surface area contributed by atoms with Crippen LogP contribution in [0.25, 0.3) is 0 Å². The summed E-state index contributed by atoms with van der Waals surface area (Å²) in [6, 6.07) is -0.438. The molecule has 0 spiro atoms. The molecule has 0 aromatic carbocycles. The number of nitrogens with zero attached hydrogens (tertiary/aromatic N) is 1. The summed E-state index contributed by atoms with van der Waals surface area (Å²) in [6.07, 6.45) is 0. The molecule has 1 aromatic heterocycles. The van der Waals surface area contributed by atoms with E-state index in [1.165, 1.54) is 18.3 Å². The van der Waals surface area contributed by atoms with Crippen LogP contribution in [0.4, 0.5) is 9.93 Å². The van der Waals surface area contributed by atoms with Crippen molar-refractivity contribution in [1.82, 2.24) is 10.3 Å². The maximum Gasteiger partial charge on any atom is 0.321 e. The molecule has 1 atom stereocenters. The molecule has 0 aliphatic carbocycles. The monoisotopic (exact) mass is 257 g/mol.